The molecule has 0 aliphatic rings. The molecule has 3 rings (SSSR count). The number of benzene rings is 2. The number of thioether (sulfide) groups is 1. The molecule has 0 spiro atoms. The van der Waals surface area contributed by atoms with Crippen molar-refractivity contribution < 1.29 is 14.1 Å². The second-order valence-corrected chi connectivity index (χ2v) is 7.05. The van der Waals surface area contributed by atoms with Crippen LogP contribution in [0.5, 0.6) is 0 Å². The van der Waals surface area contributed by atoms with Crippen molar-refractivity contribution in [2.24, 2.45) is 0 Å². The molecule has 0 N–H and O–H groups in total. The summed E-state index contributed by atoms with van der Waals surface area (Å²) in [5.74, 6) is 0.338. The summed E-state index contributed by atoms with van der Waals surface area (Å²) in [5, 5.41) is 4.18. The molecule has 1 heterocycles. The van der Waals surface area contributed by atoms with E-state index in [1.807, 2.05) is 30.3 Å². The summed E-state index contributed by atoms with van der Waals surface area (Å²) < 4.78 is 10.4. The van der Waals surface area contributed by atoms with Crippen molar-refractivity contribution in [1.29, 1.82) is 0 Å². The van der Waals surface area contributed by atoms with Gasteiger partial charge in [0.1, 0.15) is 5.25 Å². The number of ether oxygens (including phenoxy) is 1. The quantitative estimate of drug-likeness (QED) is 0.463. The maximum absolute atomic E-state index is 12.1. The van der Waals surface area contributed by atoms with E-state index < -0.39 is 0 Å². The van der Waals surface area contributed by atoms with Crippen molar-refractivity contribution >= 4 is 29.3 Å². The van der Waals surface area contributed by atoms with Gasteiger partial charge in [-0.05, 0) is 43.3 Å². The number of hydrogen-bond acceptors (Lipinski definition) is 6. The van der Waals surface area contributed by atoms with E-state index in [0.29, 0.717) is 10.8 Å². The first-order valence-electron chi connectivity index (χ1n) is 7.58. The summed E-state index contributed by atoms with van der Waals surface area (Å²) in [4.78, 5) is 17.3. The Bertz CT molecular complexity index is 837. The molecule has 0 unspecified atom stereocenters. The zero-order chi connectivity index (χ0) is 17.6. The standard InChI is InChI=1S/C18H15ClN2O3S/c1-12(25-15-5-3-2-4-6-15)18(22)23-11-16-20-17(21-24-16)13-7-9-14(19)10-8-13/h2-10,12H,11H2,1H3/t12-/m1/s1. The van der Waals surface area contributed by atoms with Gasteiger partial charge in [0.25, 0.3) is 5.89 Å². The minimum absolute atomic E-state index is 0.0564. The van der Waals surface area contributed by atoms with Gasteiger partial charge in [-0.1, -0.05) is 35.0 Å². The Balaban J connectivity index is 1.54. The molecule has 0 amide bonds. The lowest BCUT2D eigenvalue weighted by Crippen LogP contribution is -2.16. The number of hydrogen-bond donors (Lipinski definition) is 0. The molecule has 5 nitrogen and oxygen atoms in total. The number of nitrogens with zero attached hydrogens (tertiary/aromatic N) is 2. The van der Waals surface area contributed by atoms with Crippen LogP contribution in [0.15, 0.2) is 64.0 Å². The maximum atomic E-state index is 12.1. The first-order valence-corrected chi connectivity index (χ1v) is 8.84. The van der Waals surface area contributed by atoms with Crippen molar-refractivity contribution in [3.05, 3.63) is 65.5 Å². The van der Waals surface area contributed by atoms with Crippen molar-refractivity contribution in [3.63, 3.8) is 0 Å². The van der Waals surface area contributed by atoms with Crippen LogP contribution in [0.1, 0.15) is 12.8 Å². The lowest BCUT2D eigenvalue weighted by Gasteiger charge is -2.09. The Morgan fingerprint density at radius 3 is 2.64 bits per heavy atom. The normalized spacial score (nSPS) is 11.9. The molecule has 0 bridgehead atoms. The molecule has 1 aromatic heterocycles. The number of carbonyl (C=O) groups excluding carboxylic acids is 1. The van der Waals surface area contributed by atoms with Crippen molar-refractivity contribution in [3.8, 4) is 11.4 Å². The van der Waals surface area contributed by atoms with Gasteiger partial charge in [-0.3, -0.25) is 4.79 Å². The van der Waals surface area contributed by atoms with E-state index in [-0.39, 0.29) is 23.7 Å². The average molecular weight is 375 g/mol. The lowest BCUT2D eigenvalue weighted by atomic mass is 10.2. The molecule has 0 saturated carbocycles. The molecule has 25 heavy (non-hydrogen) atoms. The van der Waals surface area contributed by atoms with Gasteiger partial charge >= 0.3 is 5.97 Å². The third-order valence-corrected chi connectivity index (χ3v) is 4.64. The smallest absolute Gasteiger partial charge is 0.319 e. The molecule has 0 aliphatic heterocycles. The highest BCUT2D eigenvalue weighted by molar-refractivity contribution is 8.00. The van der Waals surface area contributed by atoms with E-state index in [2.05, 4.69) is 10.1 Å². The molecule has 0 saturated heterocycles. The van der Waals surface area contributed by atoms with Crippen LogP contribution in [0.4, 0.5) is 0 Å². The van der Waals surface area contributed by atoms with Crippen LogP contribution >= 0.6 is 23.4 Å². The fourth-order valence-corrected chi connectivity index (χ4v) is 3.04. The highest BCUT2D eigenvalue weighted by Gasteiger charge is 2.17. The fourth-order valence-electron chi connectivity index (χ4n) is 2.03. The highest BCUT2D eigenvalue weighted by Crippen LogP contribution is 2.24. The van der Waals surface area contributed by atoms with Crippen molar-refractivity contribution in [1.82, 2.24) is 10.1 Å². The van der Waals surface area contributed by atoms with Crippen molar-refractivity contribution in [2.45, 2.75) is 23.7 Å². The SMILES string of the molecule is C[C@@H](Sc1ccccc1)C(=O)OCc1nc(-c2ccc(Cl)cc2)no1. The van der Waals surface area contributed by atoms with Gasteiger partial charge in [-0.2, -0.15) is 4.98 Å². The van der Waals surface area contributed by atoms with E-state index in [1.54, 1.807) is 31.2 Å². The van der Waals surface area contributed by atoms with Crippen LogP contribution in [-0.4, -0.2) is 21.4 Å². The second kappa shape index (κ2) is 8.18. The number of halogens is 1. The van der Waals surface area contributed by atoms with Gasteiger partial charge < -0.3 is 9.26 Å². The summed E-state index contributed by atoms with van der Waals surface area (Å²) in [5.41, 5.74) is 0.777. The largest absolute Gasteiger partial charge is 0.455 e. The van der Waals surface area contributed by atoms with Gasteiger partial charge in [0, 0.05) is 15.5 Å². The third kappa shape index (κ3) is 4.84. The molecule has 3 aromatic rings. The summed E-state index contributed by atoms with van der Waals surface area (Å²) in [7, 11) is 0. The molecule has 2 aromatic carbocycles. The van der Waals surface area contributed by atoms with Crippen LogP contribution < -0.4 is 0 Å². The fraction of sp³-hybridized carbons (Fsp3) is 0.167. The third-order valence-electron chi connectivity index (χ3n) is 3.30. The van der Waals surface area contributed by atoms with E-state index in [0.717, 1.165) is 10.5 Å². The minimum atomic E-state index is -0.333. The van der Waals surface area contributed by atoms with Crippen molar-refractivity contribution in [2.75, 3.05) is 0 Å². The summed E-state index contributed by atoms with van der Waals surface area (Å²) in [6.07, 6.45) is 0. The average Bonchev–Trinajstić information content (AvgIpc) is 3.10. The van der Waals surface area contributed by atoms with Gasteiger partial charge in [0.05, 0.1) is 0 Å². The first-order chi connectivity index (χ1) is 12.1. The van der Waals surface area contributed by atoms with Crippen LogP contribution in [0.2, 0.25) is 5.02 Å². The molecule has 128 valence electrons. The predicted octanol–water partition coefficient (Wildman–Crippen LogP) is 4.61. The molecule has 7 heteroatoms. The van der Waals surface area contributed by atoms with Crippen LogP contribution in [0, 0.1) is 0 Å². The summed E-state index contributed by atoms with van der Waals surface area (Å²) >= 11 is 7.29. The monoisotopic (exact) mass is 374 g/mol. The Labute approximate surface area is 154 Å². The predicted molar refractivity (Wildman–Crippen MR) is 96.3 cm³/mol. The van der Waals surface area contributed by atoms with E-state index in [4.69, 9.17) is 20.9 Å². The number of aromatic nitrogens is 2. The van der Waals surface area contributed by atoms with Gasteiger partial charge in [-0.25, -0.2) is 0 Å². The summed E-state index contributed by atoms with van der Waals surface area (Å²) in [6.45, 7) is 1.74. The summed E-state index contributed by atoms with van der Waals surface area (Å²) in [6, 6.07) is 16.8. The van der Waals surface area contributed by atoms with E-state index in [1.165, 1.54) is 11.8 Å². The lowest BCUT2D eigenvalue weighted by molar-refractivity contribution is -0.144. The molecule has 0 fully saturated rings. The van der Waals surface area contributed by atoms with Gasteiger partial charge in [-0.15, -0.1) is 11.8 Å². The topological polar surface area (TPSA) is 65.2 Å². The highest BCUT2D eigenvalue weighted by atomic mass is 35.5. The number of esters is 1. The number of rotatable bonds is 6. The maximum Gasteiger partial charge on any atom is 0.319 e. The van der Waals surface area contributed by atoms with Gasteiger partial charge in [0.2, 0.25) is 5.82 Å². The first kappa shape index (κ1) is 17.5. The van der Waals surface area contributed by atoms with E-state index >= 15 is 0 Å². The molecular formula is C18H15ClN2O3S. The zero-order valence-electron chi connectivity index (χ0n) is 13.4. The van der Waals surface area contributed by atoms with Crippen LogP contribution in [0.3, 0.4) is 0 Å². The molecular weight excluding hydrogens is 360 g/mol. The molecule has 0 radical (unpaired) electrons. The molecule has 1 atom stereocenters. The zero-order valence-corrected chi connectivity index (χ0v) is 15.0. The molecule has 0 aliphatic carbocycles. The van der Waals surface area contributed by atoms with Crippen LogP contribution in [0.25, 0.3) is 11.4 Å². The van der Waals surface area contributed by atoms with E-state index in [9.17, 15) is 4.79 Å². The Kier molecular flexibility index (Phi) is 5.73. The van der Waals surface area contributed by atoms with Gasteiger partial charge in [0.15, 0.2) is 6.61 Å². The Morgan fingerprint density at radius 1 is 1.20 bits per heavy atom. The Hall–Kier alpha value is -2.31. The Morgan fingerprint density at radius 2 is 1.92 bits per heavy atom. The second-order valence-electron chi connectivity index (χ2n) is 5.20. The van der Waals surface area contributed by atoms with Crippen LogP contribution in [-0.2, 0) is 16.1 Å². The minimum Gasteiger partial charge on any atom is -0.455 e. The number of carbonyl (C=O) groups is 1.